The summed E-state index contributed by atoms with van der Waals surface area (Å²) in [6, 6.07) is 63.7. The lowest BCUT2D eigenvalue weighted by atomic mass is 9.96. The quantitative estimate of drug-likeness (QED) is 0.158. The van der Waals surface area contributed by atoms with Gasteiger partial charge in [-0.2, -0.15) is 0 Å². The summed E-state index contributed by atoms with van der Waals surface area (Å²) >= 11 is 18.8. The van der Waals surface area contributed by atoms with Gasteiger partial charge in [0.2, 0.25) is 0 Å². The van der Waals surface area contributed by atoms with Gasteiger partial charge in [-0.05, 0) is 272 Å². The molecule has 0 saturated heterocycles. The summed E-state index contributed by atoms with van der Waals surface area (Å²) in [5, 5.41) is 7.15. The van der Waals surface area contributed by atoms with Crippen molar-refractivity contribution in [1.29, 1.82) is 0 Å². The maximum Gasteiger partial charge on any atom is 0.166 e. The third kappa shape index (κ3) is 15.6. The molecule has 0 amide bonds. The predicted molar refractivity (Wildman–Crippen MR) is 423 cm³/mol. The molecule has 4 aliphatic heterocycles. The largest absolute Gasteiger partial charge is 0.497 e. The Labute approximate surface area is 629 Å². The van der Waals surface area contributed by atoms with Gasteiger partial charge >= 0.3 is 0 Å². The first-order valence-electron chi connectivity index (χ1n) is 35.2. The molecule has 4 aliphatic rings. The van der Waals surface area contributed by atoms with Crippen LogP contribution in [0.5, 0.6) is 23.0 Å². The third-order valence-electron chi connectivity index (χ3n) is 20.4. The van der Waals surface area contributed by atoms with E-state index in [1.807, 2.05) is 83.4 Å². The third-order valence-corrected chi connectivity index (χ3v) is 21.1. The first kappa shape index (κ1) is 73.3. The Morgan fingerprint density at radius 3 is 1.22 bits per heavy atom. The first-order chi connectivity index (χ1) is 50.8. The number of hydrogen-bond donors (Lipinski definition) is 0. The summed E-state index contributed by atoms with van der Waals surface area (Å²) in [6.07, 6.45) is 5.09. The van der Waals surface area contributed by atoms with Gasteiger partial charge in [-0.25, -0.2) is 8.78 Å². The number of aromatic nitrogens is 4. The predicted octanol–water partition coefficient (Wildman–Crippen LogP) is 18.0. The molecule has 16 rings (SSSR count). The molecule has 0 saturated carbocycles. The molecule has 12 aromatic rings. The Morgan fingerprint density at radius 1 is 0.410 bits per heavy atom. The molecule has 0 N–H and O–H groups in total. The van der Waals surface area contributed by atoms with Gasteiger partial charge in [0.15, 0.2) is 23.1 Å². The highest BCUT2D eigenvalue weighted by Gasteiger charge is 2.31. The zero-order valence-corrected chi connectivity index (χ0v) is 63.3. The summed E-state index contributed by atoms with van der Waals surface area (Å²) in [4.78, 5) is 9.37. The van der Waals surface area contributed by atoms with Crippen LogP contribution in [-0.2, 0) is 38.8 Å². The van der Waals surface area contributed by atoms with Crippen LogP contribution >= 0.6 is 34.8 Å². The fraction of sp³-hybridized carbons (Fsp3) is 0.273. The molecule has 17 heteroatoms. The molecule has 105 heavy (non-hydrogen) atoms. The first-order valence-corrected chi connectivity index (χ1v) is 36.4. The Bertz CT molecular complexity index is 5380. The number of ether oxygens (including phenoxy) is 4. The molecule has 2 unspecified atom stereocenters. The Hall–Kier alpha value is -10.1. The van der Waals surface area contributed by atoms with Crippen molar-refractivity contribution in [3.63, 3.8) is 0 Å². The average Bonchev–Trinajstić information content (AvgIpc) is 1.65. The summed E-state index contributed by atoms with van der Waals surface area (Å²) in [6.45, 7) is 12.5. The van der Waals surface area contributed by atoms with Crippen LogP contribution in [0.4, 0.5) is 8.78 Å². The van der Waals surface area contributed by atoms with Crippen molar-refractivity contribution in [3.8, 4) is 70.9 Å². The smallest absolute Gasteiger partial charge is 0.166 e. The van der Waals surface area contributed by atoms with Crippen LogP contribution < -0.4 is 18.9 Å². The number of nitrogens with zero attached hydrogens (tertiary/aromatic N) is 8. The Morgan fingerprint density at radius 2 is 0.781 bits per heavy atom. The number of fused-ring (bicyclic) bond motifs is 12. The van der Waals surface area contributed by atoms with Crippen LogP contribution in [-0.4, -0.2) is 121 Å². The molecule has 12 nitrogen and oxygen atoms in total. The molecule has 4 aromatic heterocycles. The van der Waals surface area contributed by atoms with Gasteiger partial charge in [0, 0.05) is 140 Å². The van der Waals surface area contributed by atoms with Crippen LogP contribution in [0.2, 0.25) is 15.1 Å². The molecule has 0 bridgehead atoms. The standard InChI is InChI=1S/C23H23ClN2O.C22H21ClN2O.C22H21FN2O.C21H18ClFN2O/c1-4-21-23-19(12-13-25(21)2)20-15-17(24)7-10-22(20)26(23)14-11-16-5-8-18(27-3)9-6-16;1-15-22-19(11-12-24(15)2)20-14-17(23)6-9-21(20)25(22)13-10-16-4-7-18(26-3)8-5-16;1-15-4-6-20-18(12-15)17-9-10-24(2)14-21(17)25(20)11-8-16-5-7-22(26-3)19(23)13-16;1-24-9-8-16-17-12-15(22)4-5-19(17)25(20(16)13-24)10-7-14-3-6-21(26-2)18(23)11-14/h5-10,15,21H,4,12-13H2,1-3H3;4-9,14-15H,11-12H2,1-3H3;4-7,12-13H,9-10,14H2,1-3H3;3-6,11-12H,8-9,13H2,1-2H3. The van der Waals surface area contributed by atoms with E-state index in [1.54, 1.807) is 38.5 Å². The van der Waals surface area contributed by atoms with Gasteiger partial charge < -0.3 is 28.7 Å². The van der Waals surface area contributed by atoms with Crippen molar-refractivity contribution >= 4 is 78.4 Å². The van der Waals surface area contributed by atoms with Gasteiger partial charge in [-0.15, -0.1) is 0 Å². The zero-order chi connectivity index (χ0) is 73.7. The molecule has 8 heterocycles. The zero-order valence-electron chi connectivity index (χ0n) is 61.0. The van der Waals surface area contributed by atoms with Crippen molar-refractivity contribution in [2.75, 3.05) is 82.8 Å². The summed E-state index contributed by atoms with van der Waals surface area (Å²) in [7, 11) is 14.8. The normalized spacial score (nSPS) is 15.4. The number of rotatable bonds is 5. The Balaban J connectivity index is 0.000000124. The lowest BCUT2D eigenvalue weighted by molar-refractivity contribution is 0.219. The van der Waals surface area contributed by atoms with Crippen LogP contribution in [0.3, 0.4) is 0 Å². The molecular weight excluding hydrogens is 1380 g/mol. The maximum atomic E-state index is 13.9. The molecule has 0 radical (unpaired) electrons. The van der Waals surface area contributed by atoms with E-state index in [9.17, 15) is 8.78 Å². The average molecular weight is 1460 g/mol. The fourth-order valence-corrected chi connectivity index (χ4v) is 15.3. The second-order valence-corrected chi connectivity index (χ2v) is 28.4. The number of methoxy groups -OCH3 is 4. The molecule has 534 valence electrons. The van der Waals surface area contributed by atoms with E-state index in [1.165, 1.54) is 93.1 Å². The minimum Gasteiger partial charge on any atom is -0.497 e. The van der Waals surface area contributed by atoms with Gasteiger partial charge in [-0.1, -0.05) is 53.4 Å². The number of benzene rings is 8. The minimum atomic E-state index is -0.412. The van der Waals surface area contributed by atoms with E-state index in [-0.39, 0.29) is 11.5 Å². The second-order valence-electron chi connectivity index (χ2n) is 27.1. The van der Waals surface area contributed by atoms with E-state index in [4.69, 9.17) is 53.8 Å². The van der Waals surface area contributed by atoms with Crippen molar-refractivity contribution in [1.82, 2.24) is 37.9 Å². The van der Waals surface area contributed by atoms with Crippen molar-refractivity contribution in [2.24, 2.45) is 0 Å². The van der Waals surface area contributed by atoms with Crippen LogP contribution in [0.25, 0.3) is 43.6 Å². The van der Waals surface area contributed by atoms with Crippen LogP contribution in [0.15, 0.2) is 158 Å². The topological polar surface area (TPSA) is 69.6 Å². The van der Waals surface area contributed by atoms with Crippen LogP contribution in [0.1, 0.15) is 105 Å². The van der Waals surface area contributed by atoms with E-state index in [0.717, 1.165) is 137 Å². The molecule has 2 atom stereocenters. The van der Waals surface area contributed by atoms with E-state index >= 15 is 0 Å². The van der Waals surface area contributed by atoms with Crippen molar-refractivity contribution in [2.45, 2.75) is 78.0 Å². The van der Waals surface area contributed by atoms with Crippen molar-refractivity contribution < 1.29 is 27.7 Å². The number of aryl methyl sites for hydroxylation is 1. The molecule has 0 spiro atoms. The number of likely N-dealkylation sites (N-methyl/N-ethyl adjacent to an activating group) is 4. The van der Waals surface area contributed by atoms with E-state index in [0.29, 0.717) is 23.2 Å². The second kappa shape index (κ2) is 32.1. The highest BCUT2D eigenvalue weighted by molar-refractivity contribution is 6.32. The SMILES string of the molecule is CCC1c2c(c3cc(Cl)ccc3n2C#Cc2ccc(OC)cc2)CCN1C.COc1ccc(C#Cn2c3c(c4cc(C)ccc42)CCN(C)C3)cc1F.COc1ccc(C#Cn2c3c(c4cc(Cl)ccc42)CCN(C)C3)cc1F.COc1ccc(C#Cn2c3c(c4cc(Cl)ccc42)CCN(C)C3C)cc1. The summed E-state index contributed by atoms with van der Waals surface area (Å²) < 4.78 is 56.6. The molecular formula is C88H83Cl3F2N8O4. The molecule has 0 fully saturated rings. The van der Waals surface area contributed by atoms with Gasteiger partial charge in [0.25, 0.3) is 0 Å². The van der Waals surface area contributed by atoms with Crippen LogP contribution in [0, 0.1) is 66.4 Å². The monoisotopic (exact) mass is 1460 g/mol. The fourth-order valence-electron chi connectivity index (χ4n) is 14.7. The maximum absolute atomic E-state index is 13.9. The highest BCUT2D eigenvalue weighted by Crippen LogP contribution is 2.41. The molecule has 8 aromatic carbocycles. The summed E-state index contributed by atoms with van der Waals surface area (Å²) in [5.74, 6) is 14.1. The number of hydrogen-bond acceptors (Lipinski definition) is 8. The summed E-state index contributed by atoms with van der Waals surface area (Å²) in [5.41, 5.74) is 19.3. The van der Waals surface area contributed by atoms with E-state index in [2.05, 4.69) is 173 Å². The van der Waals surface area contributed by atoms with Gasteiger partial charge in [-0.3, -0.25) is 28.1 Å². The van der Waals surface area contributed by atoms with Gasteiger partial charge in [0.1, 0.15) is 11.5 Å². The minimum absolute atomic E-state index is 0.218. The molecule has 0 aliphatic carbocycles. The Kier molecular flexibility index (Phi) is 22.4. The van der Waals surface area contributed by atoms with E-state index < -0.39 is 11.6 Å². The number of halogens is 5. The highest BCUT2D eigenvalue weighted by atomic mass is 35.5. The van der Waals surface area contributed by atoms with Crippen molar-refractivity contribution in [3.05, 3.63) is 257 Å². The van der Waals surface area contributed by atoms with Gasteiger partial charge in [0.05, 0.1) is 67.9 Å². The lowest BCUT2D eigenvalue weighted by Crippen LogP contribution is -2.32. The lowest BCUT2D eigenvalue weighted by Gasteiger charge is -2.32.